The van der Waals surface area contributed by atoms with Crippen molar-refractivity contribution in [1.29, 1.82) is 0 Å². The summed E-state index contributed by atoms with van der Waals surface area (Å²) in [5, 5.41) is 4.00. The lowest BCUT2D eigenvalue weighted by Crippen LogP contribution is -2.17. The highest BCUT2D eigenvalue weighted by Gasteiger charge is 2.18. The molecule has 0 N–H and O–H groups in total. The summed E-state index contributed by atoms with van der Waals surface area (Å²) in [6, 6.07) is 15.8. The van der Waals surface area contributed by atoms with Crippen molar-refractivity contribution in [3.05, 3.63) is 71.6 Å². The zero-order valence-electron chi connectivity index (χ0n) is 16.5. The van der Waals surface area contributed by atoms with Crippen LogP contribution < -0.4 is 0 Å². The molecule has 2 aromatic carbocycles. The second kappa shape index (κ2) is 10.3. The number of Topliss-reactive ketones (excluding diaryl/α,β-unsaturated/α-hetero) is 1. The fourth-order valence-electron chi connectivity index (χ4n) is 2.85. The Hall–Kier alpha value is -3.28. The molecule has 0 saturated heterocycles. The van der Waals surface area contributed by atoms with Crippen LogP contribution in [0.5, 0.6) is 0 Å². The Bertz CT molecular complexity index is 933. The van der Waals surface area contributed by atoms with Crippen molar-refractivity contribution >= 4 is 11.8 Å². The van der Waals surface area contributed by atoms with Crippen molar-refractivity contribution in [1.82, 2.24) is 10.1 Å². The number of unbranched alkanes of at least 4 members (excludes halogenated alkanes) is 3. The molecule has 0 unspecified atom stereocenters. The zero-order chi connectivity index (χ0) is 20.5. The summed E-state index contributed by atoms with van der Waals surface area (Å²) in [7, 11) is 0. The number of hydrogen-bond acceptors (Lipinski definition) is 6. The van der Waals surface area contributed by atoms with Gasteiger partial charge in [0.15, 0.2) is 0 Å². The van der Waals surface area contributed by atoms with E-state index in [0.717, 1.165) is 30.4 Å². The number of hydrogen-bond donors (Lipinski definition) is 0. The van der Waals surface area contributed by atoms with Gasteiger partial charge < -0.3 is 9.26 Å². The minimum absolute atomic E-state index is 0.0629. The Morgan fingerprint density at radius 2 is 1.72 bits per heavy atom. The van der Waals surface area contributed by atoms with Crippen molar-refractivity contribution in [3.8, 4) is 11.4 Å². The van der Waals surface area contributed by atoms with Crippen LogP contribution in [0.15, 0.2) is 59.1 Å². The Labute approximate surface area is 169 Å². The number of rotatable bonds is 10. The second-order valence-electron chi connectivity index (χ2n) is 6.79. The molecule has 0 spiro atoms. The Kier molecular flexibility index (Phi) is 7.28. The third kappa shape index (κ3) is 5.85. The molecule has 1 aromatic heterocycles. The van der Waals surface area contributed by atoms with Gasteiger partial charge in [0.1, 0.15) is 6.61 Å². The minimum Gasteiger partial charge on any atom is -0.455 e. The molecule has 0 fully saturated rings. The summed E-state index contributed by atoms with van der Waals surface area (Å²) in [4.78, 5) is 28.7. The zero-order valence-corrected chi connectivity index (χ0v) is 16.5. The molecule has 0 amide bonds. The molecule has 0 aliphatic carbocycles. The van der Waals surface area contributed by atoms with E-state index in [-0.39, 0.29) is 12.2 Å². The molecule has 6 nitrogen and oxygen atoms in total. The third-order valence-electron chi connectivity index (χ3n) is 4.52. The van der Waals surface area contributed by atoms with Crippen molar-refractivity contribution in [2.75, 3.05) is 0 Å². The number of aryl methyl sites for hydroxylation is 1. The molecule has 0 radical (unpaired) electrons. The molecule has 0 saturated carbocycles. The van der Waals surface area contributed by atoms with Crippen LogP contribution in [0.3, 0.4) is 0 Å². The van der Waals surface area contributed by atoms with Crippen molar-refractivity contribution in [2.24, 2.45) is 0 Å². The van der Waals surface area contributed by atoms with Crippen molar-refractivity contribution in [2.45, 2.75) is 45.6 Å². The molecule has 29 heavy (non-hydrogen) atoms. The van der Waals surface area contributed by atoms with Crippen LogP contribution in [0.4, 0.5) is 0 Å². The predicted octanol–water partition coefficient (Wildman–Crippen LogP) is 4.79. The largest absolute Gasteiger partial charge is 0.455 e. The van der Waals surface area contributed by atoms with Crippen LogP contribution in [0.2, 0.25) is 0 Å². The first-order valence-electron chi connectivity index (χ1n) is 9.85. The molecule has 6 heteroatoms. The van der Waals surface area contributed by atoms with Crippen LogP contribution in [0.1, 0.15) is 54.4 Å². The van der Waals surface area contributed by atoms with Crippen molar-refractivity contribution in [3.63, 3.8) is 0 Å². The molecule has 3 aromatic rings. The van der Waals surface area contributed by atoms with E-state index in [9.17, 15) is 9.59 Å². The highest BCUT2D eigenvalue weighted by molar-refractivity contribution is 6.40. The summed E-state index contributed by atoms with van der Waals surface area (Å²) in [6.45, 7) is 2.23. The smallest absolute Gasteiger partial charge is 0.380 e. The highest BCUT2D eigenvalue weighted by atomic mass is 16.5. The number of nitrogens with zero attached hydrogens (tertiary/aromatic N) is 2. The van der Waals surface area contributed by atoms with Crippen LogP contribution in [-0.4, -0.2) is 21.9 Å². The van der Waals surface area contributed by atoms with Gasteiger partial charge in [0.05, 0.1) is 0 Å². The maximum absolute atomic E-state index is 12.3. The molecule has 1 heterocycles. The first-order chi connectivity index (χ1) is 14.2. The van der Waals surface area contributed by atoms with Gasteiger partial charge >= 0.3 is 5.97 Å². The average molecular weight is 392 g/mol. The monoisotopic (exact) mass is 392 g/mol. The van der Waals surface area contributed by atoms with E-state index >= 15 is 0 Å². The van der Waals surface area contributed by atoms with Gasteiger partial charge in [-0.3, -0.25) is 4.79 Å². The molecular weight excluding hydrogens is 368 g/mol. The first-order valence-corrected chi connectivity index (χ1v) is 9.85. The standard InChI is InChI=1S/C23H24N2O4/c1-2-3-4-8-11-20-24-22(25-29-20)19-14-12-18(13-15-19)21(26)23(27)28-16-17-9-6-5-7-10-17/h5-7,9-10,12-15H,2-4,8,11,16H2,1H3. The molecule has 0 bridgehead atoms. The Balaban J connectivity index is 1.56. The van der Waals surface area contributed by atoms with E-state index in [0.29, 0.717) is 11.7 Å². The summed E-state index contributed by atoms with van der Waals surface area (Å²) >= 11 is 0. The van der Waals surface area contributed by atoms with Crippen LogP contribution >= 0.6 is 0 Å². The molecule has 3 rings (SSSR count). The summed E-state index contributed by atoms with van der Waals surface area (Å²) < 4.78 is 10.4. The molecule has 150 valence electrons. The van der Waals surface area contributed by atoms with E-state index in [1.54, 1.807) is 24.3 Å². The van der Waals surface area contributed by atoms with Crippen LogP contribution in [0.25, 0.3) is 11.4 Å². The van der Waals surface area contributed by atoms with Gasteiger partial charge in [-0.05, 0) is 12.0 Å². The maximum Gasteiger partial charge on any atom is 0.380 e. The lowest BCUT2D eigenvalue weighted by Gasteiger charge is -2.04. The SMILES string of the molecule is CCCCCCc1nc(-c2ccc(C(=O)C(=O)OCc3ccccc3)cc2)no1. The number of carbonyl (C=O) groups excluding carboxylic acids is 2. The summed E-state index contributed by atoms with van der Waals surface area (Å²) in [5.41, 5.74) is 1.81. The molecule has 0 aliphatic heterocycles. The van der Waals surface area contributed by atoms with Crippen LogP contribution in [-0.2, 0) is 22.6 Å². The summed E-state index contributed by atoms with van der Waals surface area (Å²) in [5.74, 6) is -0.477. The fraction of sp³-hybridized carbons (Fsp3) is 0.304. The fourth-order valence-corrected chi connectivity index (χ4v) is 2.85. The number of aromatic nitrogens is 2. The number of ketones is 1. The van der Waals surface area contributed by atoms with E-state index in [4.69, 9.17) is 9.26 Å². The number of ether oxygens (including phenoxy) is 1. The number of benzene rings is 2. The van der Waals surface area contributed by atoms with Gasteiger partial charge in [0, 0.05) is 17.5 Å². The van der Waals surface area contributed by atoms with Gasteiger partial charge in [-0.25, -0.2) is 4.79 Å². The lowest BCUT2D eigenvalue weighted by molar-refractivity contribution is -0.139. The second-order valence-corrected chi connectivity index (χ2v) is 6.79. The lowest BCUT2D eigenvalue weighted by atomic mass is 10.1. The Morgan fingerprint density at radius 3 is 2.45 bits per heavy atom. The minimum atomic E-state index is -0.879. The predicted molar refractivity (Wildman–Crippen MR) is 108 cm³/mol. The van der Waals surface area contributed by atoms with Gasteiger partial charge in [-0.1, -0.05) is 85.9 Å². The van der Waals surface area contributed by atoms with E-state index in [1.165, 1.54) is 12.8 Å². The normalized spacial score (nSPS) is 10.7. The number of esters is 1. The van der Waals surface area contributed by atoms with E-state index < -0.39 is 11.8 Å². The molecule has 0 aliphatic rings. The quantitative estimate of drug-likeness (QED) is 0.214. The van der Waals surface area contributed by atoms with E-state index in [1.807, 2.05) is 30.3 Å². The van der Waals surface area contributed by atoms with Crippen LogP contribution in [0, 0.1) is 0 Å². The highest BCUT2D eigenvalue weighted by Crippen LogP contribution is 2.18. The van der Waals surface area contributed by atoms with E-state index in [2.05, 4.69) is 17.1 Å². The topological polar surface area (TPSA) is 82.3 Å². The van der Waals surface area contributed by atoms with Gasteiger partial charge in [-0.2, -0.15) is 4.98 Å². The van der Waals surface area contributed by atoms with Gasteiger partial charge in [-0.15, -0.1) is 0 Å². The van der Waals surface area contributed by atoms with Gasteiger partial charge in [0.25, 0.3) is 5.78 Å². The van der Waals surface area contributed by atoms with Crippen molar-refractivity contribution < 1.29 is 18.8 Å². The maximum atomic E-state index is 12.3. The Morgan fingerprint density at radius 1 is 0.966 bits per heavy atom. The molecule has 0 atom stereocenters. The average Bonchev–Trinajstić information content (AvgIpc) is 3.24. The third-order valence-corrected chi connectivity index (χ3v) is 4.52. The van der Waals surface area contributed by atoms with Gasteiger partial charge in [0.2, 0.25) is 11.7 Å². The summed E-state index contributed by atoms with van der Waals surface area (Å²) in [6.07, 6.45) is 5.31. The first kappa shape index (κ1) is 20.5. The number of carbonyl (C=O) groups is 2. The molecular formula is C23H24N2O4.